The molecule has 0 bridgehead atoms. The van der Waals surface area contributed by atoms with E-state index in [1.165, 1.54) is 24.3 Å². The van der Waals surface area contributed by atoms with Crippen LogP contribution in [0.1, 0.15) is 25.7 Å². The van der Waals surface area contributed by atoms with Crippen molar-refractivity contribution in [1.82, 2.24) is 4.72 Å². The Bertz CT molecular complexity index is 573. The van der Waals surface area contributed by atoms with Crippen molar-refractivity contribution in [1.29, 1.82) is 0 Å². The molecule has 1 aliphatic carbocycles. The van der Waals surface area contributed by atoms with Crippen molar-refractivity contribution in [3.8, 4) is 5.75 Å². The number of benzene rings is 1. The highest BCUT2D eigenvalue weighted by atomic mass is 32.2. The van der Waals surface area contributed by atoms with Crippen molar-refractivity contribution < 1.29 is 21.9 Å². The Morgan fingerprint density at radius 1 is 1.19 bits per heavy atom. The number of nitrogens with one attached hydrogen (secondary N) is 1. The molecule has 21 heavy (non-hydrogen) atoms. The summed E-state index contributed by atoms with van der Waals surface area (Å²) in [5.41, 5.74) is 5.77. The highest BCUT2D eigenvalue weighted by molar-refractivity contribution is 7.89. The number of nitrogens with two attached hydrogens (primary N) is 1. The monoisotopic (exact) mass is 320 g/mol. The van der Waals surface area contributed by atoms with Gasteiger partial charge in [-0.2, -0.15) is 8.78 Å². The summed E-state index contributed by atoms with van der Waals surface area (Å²) in [6.07, 6.45) is 2.75. The zero-order valence-corrected chi connectivity index (χ0v) is 12.2. The van der Waals surface area contributed by atoms with Gasteiger partial charge in [-0.3, -0.25) is 0 Å². The van der Waals surface area contributed by atoms with Gasteiger partial charge in [0.2, 0.25) is 10.0 Å². The molecule has 118 valence electrons. The third-order valence-electron chi connectivity index (χ3n) is 3.45. The maximum Gasteiger partial charge on any atom is 0.387 e. The predicted octanol–water partition coefficient (Wildman–Crippen LogP) is 1.84. The number of ether oxygens (including phenoxy) is 1. The van der Waals surface area contributed by atoms with Crippen LogP contribution >= 0.6 is 0 Å². The van der Waals surface area contributed by atoms with Crippen LogP contribution in [0.15, 0.2) is 29.2 Å². The van der Waals surface area contributed by atoms with E-state index in [1.807, 2.05) is 0 Å². The zero-order chi connectivity index (χ0) is 15.5. The Labute approximate surface area is 122 Å². The van der Waals surface area contributed by atoms with E-state index in [0.717, 1.165) is 12.8 Å². The van der Waals surface area contributed by atoms with Gasteiger partial charge in [0.1, 0.15) is 10.6 Å². The Hall–Kier alpha value is -1.25. The van der Waals surface area contributed by atoms with Crippen LogP contribution in [0.2, 0.25) is 0 Å². The molecule has 3 N–H and O–H groups in total. The van der Waals surface area contributed by atoms with Crippen LogP contribution in [0.3, 0.4) is 0 Å². The van der Waals surface area contributed by atoms with Crippen molar-refractivity contribution in [2.75, 3.05) is 0 Å². The molecule has 1 aromatic rings. The predicted molar refractivity (Wildman–Crippen MR) is 73.6 cm³/mol. The number of hydrogen-bond acceptors (Lipinski definition) is 4. The molecule has 0 spiro atoms. The van der Waals surface area contributed by atoms with Gasteiger partial charge in [-0.25, -0.2) is 13.1 Å². The third-order valence-corrected chi connectivity index (χ3v) is 5.01. The van der Waals surface area contributed by atoms with Crippen molar-refractivity contribution in [2.45, 2.75) is 49.3 Å². The molecule has 0 saturated heterocycles. The molecule has 1 aromatic carbocycles. The lowest BCUT2D eigenvalue weighted by Crippen LogP contribution is -2.40. The van der Waals surface area contributed by atoms with E-state index in [9.17, 15) is 17.2 Å². The van der Waals surface area contributed by atoms with Gasteiger partial charge in [-0.15, -0.1) is 0 Å². The molecule has 0 heterocycles. The van der Waals surface area contributed by atoms with Gasteiger partial charge < -0.3 is 10.5 Å². The highest BCUT2D eigenvalue weighted by Gasteiger charge is 2.27. The largest absolute Gasteiger partial charge is 0.433 e. The van der Waals surface area contributed by atoms with E-state index in [0.29, 0.717) is 12.8 Å². The molecule has 0 aromatic heterocycles. The average molecular weight is 320 g/mol. The van der Waals surface area contributed by atoms with Gasteiger partial charge in [0.15, 0.2) is 0 Å². The second kappa shape index (κ2) is 6.67. The Kier molecular flexibility index (Phi) is 5.13. The second-order valence-electron chi connectivity index (χ2n) is 5.06. The zero-order valence-electron chi connectivity index (χ0n) is 11.3. The molecule has 2 rings (SSSR count). The number of alkyl halides is 2. The summed E-state index contributed by atoms with van der Waals surface area (Å²) < 4.78 is 56.1. The lowest BCUT2D eigenvalue weighted by molar-refractivity contribution is -0.0517. The fraction of sp³-hybridized carbons (Fsp3) is 0.538. The van der Waals surface area contributed by atoms with Crippen LogP contribution < -0.4 is 15.2 Å². The molecular formula is C13H18F2N2O3S. The molecule has 5 nitrogen and oxygen atoms in total. The Morgan fingerprint density at radius 3 is 2.43 bits per heavy atom. The summed E-state index contributed by atoms with van der Waals surface area (Å²) in [5, 5.41) is 0. The molecule has 8 heteroatoms. The number of rotatable bonds is 5. The Morgan fingerprint density at radius 2 is 1.81 bits per heavy atom. The smallest absolute Gasteiger partial charge is 0.387 e. The van der Waals surface area contributed by atoms with Crippen LogP contribution in [-0.2, 0) is 10.0 Å². The molecule has 0 atom stereocenters. The molecular weight excluding hydrogens is 302 g/mol. The first kappa shape index (κ1) is 16.1. The van der Waals surface area contributed by atoms with E-state index in [1.54, 1.807) is 0 Å². The standard InChI is InChI=1S/C13H18F2N2O3S/c14-13(15)20-11-3-1-2-4-12(11)21(18,19)17-10-7-5-9(16)6-8-10/h1-4,9-10,13,17H,5-8,16H2. The lowest BCUT2D eigenvalue weighted by Gasteiger charge is -2.26. The second-order valence-corrected chi connectivity index (χ2v) is 6.74. The quantitative estimate of drug-likeness (QED) is 0.867. The van der Waals surface area contributed by atoms with E-state index >= 15 is 0 Å². The molecule has 1 aliphatic rings. The first-order chi connectivity index (χ1) is 9.88. The summed E-state index contributed by atoms with van der Waals surface area (Å²) >= 11 is 0. The van der Waals surface area contributed by atoms with Gasteiger partial charge >= 0.3 is 6.61 Å². The van der Waals surface area contributed by atoms with Gasteiger partial charge in [-0.1, -0.05) is 12.1 Å². The van der Waals surface area contributed by atoms with Gasteiger partial charge in [0.05, 0.1) is 0 Å². The van der Waals surface area contributed by atoms with E-state index in [-0.39, 0.29) is 22.7 Å². The molecule has 1 fully saturated rings. The van der Waals surface area contributed by atoms with E-state index in [4.69, 9.17) is 5.73 Å². The summed E-state index contributed by atoms with van der Waals surface area (Å²) in [6, 6.07) is 5.22. The van der Waals surface area contributed by atoms with E-state index in [2.05, 4.69) is 9.46 Å². The van der Waals surface area contributed by atoms with Crippen molar-refractivity contribution >= 4 is 10.0 Å². The van der Waals surface area contributed by atoms with Crippen LogP contribution in [-0.4, -0.2) is 27.1 Å². The minimum Gasteiger partial charge on any atom is -0.433 e. The number of hydrogen-bond donors (Lipinski definition) is 2. The fourth-order valence-electron chi connectivity index (χ4n) is 2.39. The molecule has 0 aliphatic heterocycles. The molecule has 0 amide bonds. The Balaban J connectivity index is 2.16. The molecule has 0 unspecified atom stereocenters. The maximum absolute atomic E-state index is 12.3. The average Bonchev–Trinajstić information content (AvgIpc) is 2.41. The highest BCUT2D eigenvalue weighted by Crippen LogP contribution is 2.26. The van der Waals surface area contributed by atoms with Gasteiger partial charge in [0, 0.05) is 12.1 Å². The lowest BCUT2D eigenvalue weighted by atomic mass is 9.93. The number of halogens is 2. The normalized spacial score (nSPS) is 23.2. The number of sulfonamides is 1. The van der Waals surface area contributed by atoms with Crippen LogP contribution in [0.4, 0.5) is 8.78 Å². The topological polar surface area (TPSA) is 81.4 Å². The number of para-hydroxylation sites is 1. The minimum absolute atomic E-state index is 0.0974. The maximum atomic E-state index is 12.3. The summed E-state index contributed by atoms with van der Waals surface area (Å²) in [4.78, 5) is -0.278. The van der Waals surface area contributed by atoms with Crippen LogP contribution in [0.25, 0.3) is 0 Å². The fourth-order valence-corrected chi connectivity index (χ4v) is 3.83. The van der Waals surface area contributed by atoms with E-state index < -0.39 is 16.6 Å². The van der Waals surface area contributed by atoms with Crippen molar-refractivity contribution in [3.63, 3.8) is 0 Å². The summed E-state index contributed by atoms with van der Waals surface area (Å²) in [6.45, 7) is -3.07. The first-order valence-electron chi connectivity index (χ1n) is 6.70. The van der Waals surface area contributed by atoms with Crippen molar-refractivity contribution in [2.24, 2.45) is 5.73 Å². The molecule has 1 saturated carbocycles. The van der Waals surface area contributed by atoms with Crippen LogP contribution in [0.5, 0.6) is 5.75 Å². The molecule has 0 radical (unpaired) electrons. The SMILES string of the molecule is NC1CCC(NS(=O)(=O)c2ccccc2OC(F)F)CC1. The van der Waals surface area contributed by atoms with Gasteiger partial charge in [-0.05, 0) is 37.8 Å². The third kappa shape index (κ3) is 4.36. The van der Waals surface area contributed by atoms with Crippen molar-refractivity contribution in [3.05, 3.63) is 24.3 Å². The van der Waals surface area contributed by atoms with Crippen LogP contribution in [0, 0.1) is 0 Å². The summed E-state index contributed by atoms with van der Waals surface area (Å²) in [5.74, 6) is -0.354. The summed E-state index contributed by atoms with van der Waals surface area (Å²) in [7, 11) is -3.90. The minimum atomic E-state index is -3.90. The van der Waals surface area contributed by atoms with Gasteiger partial charge in [0.25, 0.3) is 0 Å². The first-order valence-corrected chi connectivity index (χ1v) is 8.18.